The molecule has 1 atom stereocenters. The van der Waals surface area contributed by atoms with Crippen LogP contribution in [-0.4, -0.2) is 24.7 Å². The highest BCUT2D eigenvalue weighted by Gasteiger charge is 2.18. The van der Waals surface area contributed by atoms with Gasteiger partial charge in [-0.1, -0.05) is 0 Å². The SMILES string of the molecule is CCn1nccc1C(O)c1cn(C)nc1C. The Bertz CT molecular complexity index is 486. The second-order valence-corrected chi connectivity index (χ2v) is 3.82. The van der Waals surface area contributed by atoms with E-state index >= 15 is 0 Å². The van der Waals surface area contributed by atoms with Crippen molar-refractivity contribution >= 4 is 0 Å². The molecule has 0 amide bonds. The molecule has 0 radical (unpaired) electrons. The Morgan fingerprint density at radius 2 is 2.25 bits per heavy atom. The third-order valence-electron chi connectivity index (χ3n) is 2.68. The van der Waals surface area contributed by atoms with Crippen molar-refractivity contribution in [2.45, 2.75) is 26.5 Å². The molecule has 0 saturated heterocycles. The summed E-state index contributed by atoms with van der Waals surface area (Å²) in [6, 6.07) is 1.83. The molecule has 2 aromatic heterocycles. The molecule has 0 saturated carbocycles. The van der Waals surface area contributed by atoms with Crippen LogP contribution in [0.15, 0.2) is 18.5 Å². The second kappa shape index (κ2) is 4.09. The van der Waals surface area contributed by atoms with Crippen molar-refractivity contribution in [3.05, 3.63) is 35.4 Å². The highest BCUT2D eigenvalue weighted by atomic mass is 16.3. The van der Waals surface area contributed by atoms with Crippen molar-refractivity contribution in [2.24, 2.45) is 7.05 Å². The first-order chi connectivity index (χ1) is 7.63. The molecule has 0 spiro atoms. The van der Waals surface area contributed by atoms with Crippen molar-refractivity contribution in [3.63, 3.8) is 0 Å². The van der Waals surface area contributed by atoms with Gasteiger partial charge in [-0.05, 0) is 19.9 Å². The van der Waals surface area contributed by atoms with Gasteiger partial charge >= 0.3 is 0 Å². The van der Waals surface area contributed by atoms with Gasteiger partial charge in [0.05, 0.1) is 11.4 Å². The second-order valence-electron chi connectivity index (χ2n) is 3.82. The van der Waals surface area contributed by atoms with Crippen LogP contribution in [0.4, 0.5) is 0 Å². The third kappa shape index (κ3) is 1.74. The molecule has 0 fully saturated rings. The Morgan fingerprint density at radius 3 is 2.81 bits per heavy atom. The molecule has 86 valence electrons. The Kier molecular flexibility index (Phi) is 2.78. The van der Waals surface area contributed by atoms with Gasteiger partial charge in [-0.3, -0.25) is 9.36 Å². The summed E-state index contributed by atoms with van der Waals surface area (Å²) in [5, 5.41) is 18.6. The standard InChI is InChI=1S/C11H16N4O/c1-4-15-10(5-6-12-15)11(16)9-7-14(3)13-8(9)2/h5-7,11,16H,4H2,1-3H3. The Morgan fingerprint density at radius 1 is 1.50 bits per heavy atom. The summed E-state index contributed by atoms with van der Waals surface area (Å²) in [4.78, 5) is 0. The number of hydrogen-bond acceptors (Lipinski definition) is 3. The summed E-state index contributed by atoms with van der Waals surface area (Å²) in [5.74, 6) is 0. The predicted octanol–water partition coefficient (Wildman–Crippen LogP) is 1.03. The van der Waals surface area contributed by atoms with Gasteiger partial charge in [-0.2, -0.15) is 10.2 Å². The van der Waals surface area contributed by atoms with Gasteiger partial charge in [0, 0.05) is 31.5 Å². The van der Waals surface area contributed by atoms with Gasteiger partial charge in [0.2, 0.25) is 0 Å². The summed E-state index contributed by atoms with van der Waals surface area (Å²) in [7, 11) is 1.85. The van der Waals surface area contributed by atoms with Crippen LogP contribution in [0, 0.1) is 6.92 Å². The van der Waals surface area contributed by atoms with Crippen molar-refractivity contribution in [1.29, 1.82) is 0 Å². The van der Waals surface area contributed by atoms with Crippen molar-refractivity contribution in [1.82, 2.24) is 19.6 Å². The fourth-order valence-electron chi connectivity index (χ4n) is 1.89. The summed E-state index contributed by atoms with van der Waals surface area (Å²) in [5.41, 5.74) is 2.48. The minimum Gasteiger partial charge on any atom is -0.382 e. The lowest BCUT2D eigenvalue weighted by Gasteiger charge is -2.11. The summed E-state index contributed by atoms with van der Waals surface area (Å²) in [6.07, 6.45) is 2.89. The lowest BCUT2D eigenvalue weighted by molar-refractivity contribution is 0.207. The number of aryl methyl sites for hydroxylation is 3. The lowest BCUT2D eigenvalue weighted by atomic mass is 10.1. The van der Waals surface area contributed by atoms with E-state index in [1.165, 1.54) is 0 Å². The minimum atomic E-state index is -0.656. The molecule has 2 heterocycles. The number of aromatic nitrogens is 4. The van der Waals surface area contributed by atoms with Crippen molar-refractivity contribution in [2.75, 3.05) is 0 Å². The molecule has 0 aliphatic carbocycles. The highest BCUT2D eigenvalue weighted by molar-refractivity contribution is 5.26. The first-order valence-electron chi connectivity index (χ1n) is 5.33. The maximum Gasteiger partial charge on any atom is 0.124 e. The number of rotatable bonds is 3. The first kappa shape index (κ1) is 10.9. The van der Waals surface area contributed by atoms with E-state index in [-0.39, 0.29) is 0 Å². The molecule has 2 aromatic rings. The summed E-state index contributed by atoms with van der Waals surface area (Å²) in [6.45, 7) is 4.64. The van der Waals surface area contributed by atoms with Gasteiger partial charge in [-0.15, -0.1) is 0 Å². The van der Waals surface area contributed by atoms with Gasteiger partial charge in [0.1, 0.15) is 6.10 Å². The van der Waals surface area contributed by atoms with Crippen LogP contribution in [0.25, 0.3) is 0 Å². The average Bonchev–Trinajstić information content (AvgIpc) is 2.83. The fourth-order valence-corrected chi connectivity index (χ4v) is 1.89. The van der Waals surface area contributed by atoms with Gasteiger partial charge in [0.25, 0.3) is 0 Å². The molecule has 5 nitrogen and oxygen atoms in total. The summed E-state index contributed by atoms with van der Waals surface area (Å²) >= 11 is 0. The normalized spacial score (nSPS) is 13.0. The molecular formula is C11H16N4O. The van der Waals surface area contributed by atoms with Crippen LogP contribution in [0.5, 0.6) is 0 Å². The smallest absolute Gasteiger partial charge is 0.124 e. The predicted molar refractivity (Wildman–Crippen MR) is 59.9 cm³/mol. The van der Waals surface area contributed by atoms with Crippen LogP contribution in [0.2, 0.25) is 0 Å². The van der Waals surface area contributed by atoms with Crippen LogP contribution in [0.1, 0.15) is 30.0 Å². The molecule has 2 rings (SSSR count). The van der Waals surface area contributed by atoms with E-state index in [1.807, 2.05) is 33.2 Å². The average molecular weight is 220 g/mol. The number of hydrogen-bond donors (Lipinski definition) is 1. The first-order valence-corrected chi connectivity index (χ1v) is 5.33. The summed E-state index contributed by atoms with van der Waals surface area (Å²) < 4.78 is 3.50. The zero-order valence-electron chi connectivity index (χ0n) is 9.75. The monoisotopic (exact) mass is 220 g/mol. The van der Waals surface area contributed by atoms with E-state index in [0.717, 1.165) is 23.5 Å². The van der Waals surface area contributed by atoms with E-state index in [4.69, 9.17) is 0 Å². The molecule has 1 N–H and O–H groups in total. The molecule has 0 aromatic carbocycles. The van der Waals surface area contributed by atoms with E-state index < -0.39 is 6.10 Å². The van der Waals surface area contributed by atoms with Crippen LogP contribution in [-0.2, 0) is 13.6 Å². The molecule has 0 bridgehead atoms. The van der Waals surface area contributed by atoms with Crippen LogP contribution < -0.4 is 0 Å². The molecular weight excluding hydrogens is 204 g/mol. The zero-order chi connectivity index (χ0) is 11.7. The van der Waals surface area contributed by atoms with Gasteiger partial charge in [-0.25, -0.2) is 0 Å². The third-order valence-corrected chi connectivity index (χ3v) is 2.68. The highest BCUT2D eigenvalue weighted by Crippen LogP contribution is 2.23. The molecule has 5 heteroatoms. The lowest BCUT2D eigenvalue weighted by Crippen LogP contribution is -2.09. The Balaban J connectivity index is 2.38. The van der Waals surface area contributed by atoms with Crippen LogP contribution in [0.3, 0.4) is 0 Å². The number of nitrogens with zero attached hydrogens (tertiary/aromatic N) is 4. The number of aliphatic hydroxyl groups excluding tert-OH is 1. The fraction of sp³-hybridized carbons (Fsp3) is 0.455. The van der Waals surface area contributed by atoms with Crippen molar-refractivity contribution < 1.29 is 5.11 Å². The number of aliphatic hydroxyl groups is 1. The largest absolute Gasteiger partial charge is 0.382 e. The molecule has 16 heavy (non-hydrogen) atoms. The Labute approximate surface area is 94.3 Å². The van der Waals surface area contributed by atoms with Gasteiger partial charge < -0.3 is 5.11 Å². The van der Waals surface area contributed by atoms with E-state index in [2.05, 4.69) is 10.2 Å². The maximum atomic E-state index is 10.3. The van der Waals surface area contributed by atoms with Crippen LogP contribution >= 0.6 is 0 Å². The van der Waals surface area contributed by atoms with E-state index in [1.54, 1.807) is 15.6 Å². The Hall–Kier alpha value is -1.62. The van der Waals surface area contributed by atoms with E-state index in [0.29, 0.717) is 0 Å². The quantitative estimate of drug-likeness (QED) is 0.840. The van der Waals surface area contributed by atoms with E-state index in [9.17, 15) is 5.11 Å². The molecule has 1 unspecified atom stereocenters. The zero-order valence-corrected chi connectivity index (χ0v) is 9.75. The molecule has 0 aliphatic rings. The topological polar surface area (TPSA) is 55.9 Å². The van der Waals surface area contributed by atoms with Gasteiger partial charge in [0.15, 0.2) is 0 Å². The van der Waals surface area contributed by atoms with Crippen molar-refractivity contribution in [3.8, 4) is 0 Å². The minimum absolute atomic E-state index is 0.656. The molecule has 0 aliphatic heterocycles. The maximum absolute atomic E-state index is 10.3.